The summed E-state index contributed by atoms with van der Waals surface area (Å²) in [5.74, 6) is -0.705. The molecule has 0 spiro atoms. The number of aryl methyl sites for hydroxylation is 2. The van der Waals surface area contributed by atoms with Crippen molar-refractivity contribution in [2.75, 3.05) is 17.8 Å². The first-order valence-electron chi connectivity index (χ1n) is 10.2. The molecule has 1 amide bonds. The molecule has 7 nitrogen and oxygen atoms in total. The molecule has 2 aromatic heterocycles. The monoisotopic (exact) mass is 481 g/mol. The van der Waals surface area contributed by atoms with Gasteiger partial charge in [-0.25, -0.2) is 13.4 Å². The van der Waals surface area contributed by atoms with Gasteiger partial charge in [-0.1, -0.05) is 29.5 Å². The van der Waals surface area contributed by atoms with E-state index in [0.717, 1.165) is 21.3 Å². The summed E-state index contributed by atoms with van der Waals surface area (Å²) in [5.41, 5.74) is 3.50. The van der Waals surface area contributed by atoms with Crippen LogP contribution in [0.25, 0.3) is 10.2 Å². The standard InChI is InChI=1S/C24H23N3O4S2/c1-16-7-8-17(2)23-22(16)26-24(32-23)27(14-18-6-4-5-13-25-18)21(28)15-33(29,30)20-11-9-19(31-3)10-12-20/h4-13H,14-15H2,1-3H3. The van der Waals surface area contributed by atoms with Crippen LogP contribution >= 0.6 is 11.3 Å². The number of aromatic nitrogens is 2. The number of pyridine rings is 1. The number of hydrogen-bond donors (Lipinski definition) is 0. The molecule has 33 heavy (non-hydrogen) atoms. The average molecular weight is 482 g/mol. The Bertz CT molecular complexity index is 1360. The van der Waals surface area contributed by atoms with Gasteiger partial charge < -0.3 is 4.74 Å². The van der Waals surface area contributed by atoms with Gasteiger partial charge in [-0.05, 0) is 61.4 Å². The molecule has 0 radical (unpaired) electrons. The highest BCUT2D eigenvalue weighted by molar-refractivity contribution is 7.92. The normalized spacial score (nSPS) is 11.5. The second-order valence-electron chi connectivity index (χ2n) is 7.61. The number of sulfone groups is 1. The van der Waals surface area contributed by atoms with Gasteiger partial charge >= 0.3 is 0 Å². The zero-order valence-electron chi connectivity index (χ0n) is 18.5. The van der Waals surface area contributed by atoms with E-state index in [1.807, 2.05) is 32.0 Å². The number of anilines is 1. The van der Waals surface area contributed by atoms with E-state index in [1.165, 1.54) is 35.5 Å². The van der Waals surface area contributed by atoms with Crippen LogP contribution in [0.2, 0.25) is 0 Å². The van der Waals surface area contributed by atoms with Crippen molar-refractivity contribution in [3.63, 3.8) is 0 Å². The highest BCUT2D eigenvalue weighted by Gasteiger charge is 2.27. The van der Waals surface area contributed by atoms with E-state index in [0.29, 0.717) is 16.6 Å². The van der Waals surface area contributed by atoms with E-state index in [2.05, 4.69) is 4.98 Å². The van der Waals surface area contributed by atoms with Crippen LogP contribution < -0.4 is 9.64 Å². The Morgan fingerprint density at radius 1 is 1.03 bits per heavy atom. The Balaban J connectivity index is 1.71. The lowest BCUT2D eigenvalue weighted by Crippen LogP contribution is -2.35. The first-order chi connectivity index (χ1) is 15.8. The summed E-state index contributed by atoms with van der Waals surface area (Å²) in [6.45, 7) is 4.07. The Morgan fingerprint density at radius 3 is 2.39 bits per heavy atom. The minimum atomic E-state index is -3.87. The third kappa shape index (κ3) is 4.89. The molecule has 0 saturated heterocycles. The van der Waals surface area contributed by atoms with Crippen LogP contribution in [0.15, 0.2) is 65.7 Å². The summed E-state index contributed by atoms with van der Waals surface area (Å²) in [5, 5.41) is 0.447. The second kappa shape index (κ2) is 9.29. The molecule has 0 aliphatic carbocycles. The average Bonchev–Trinajstić information content (AvgIpc) is 3.27. The van der Waals surface area contributed by atoms with Gasteiger partial charge in [-0.2, -0.15) is 0 Å². The van der Waals surface area contributed by atoms with Gasteiger partial charge in [0.05, 0.1) is 34.5 Å². The number of amides is 1. The number of nitrogens with zero attached hydrogens (tertiary/aromatic N) is 3. The van der Waals surface area contributed by atoms with Gasteiger partial charge in [-0.3, -0.25) is 14.7 Å². The lowest BCUT2D eigenvalue weighted by atomic mass is 10.1. The molecular weight excluding hydrogens is 458 g/mol. The molecule has 0 saturated carbocycles. The zero-order valence-corrected chi connectivity index (χ0v) is 20.1. The zero-order chi connectivity index (χ0) is 23.6. The molecule has 0 fully saturated rings. The summed E-state index contributed by atoms with van der Waals surface area (Å²) in [6, 6.07) is 15.4. The number of methoxy groups -OCH3 is 1. The Hall–Kier alpha value is -3.30. The van der Waals surface area contributed by atoms with Crippen molar-refractivity contribution in [2.24, 2.45) is 0 Å². The summed E-state index contributed by atoms with van der Waals surface area (Å²) < 4.78 is 32.0. The maximum atomic E-state index is 13.4. The van der Waals surface area contributed by atoms with E-state index in [-0.39, 0.29) is 11.4 Å². The largest absolute Gasteiger partial charge is 0.497 e. The fraction of sp³-hybridized carbons (Fsp3) is 0.208. The van der Waals surface area contributed by atoms with Gasteiger partial charge in [0.2, 0.25) is 5.91 Å². The van der Waals surface area contributed by atoms with Crippen LogP contribution in [0.1, 0.15) is 16.8 Å². The van der Waals surface area contributed by atoms with Crippen LogP contribution in [-0.2, 0) is 21.2 Å². The van der Waals surface area contributed by atoms with Crippen molar-refractivity contribution in [3.05, 3.63) is 77.6 Å². The predicted octanol–water partition coefficient (Wildman–Crippen LogP) is 4.32. The molecule has 0 aliphatic heterocycles. The van der Waals surface area contributed by atoms with Crippen molar-refractivity contribution in [1.29, 1.82) is 0 Å². The molecule has 4 aromatic rings. The number of ether oxygens (including phenoxy) is 1. The van der Waals surface area contributed by atoms with Gasteiger partial charge in [0.15, 0.2) is 15.0 Å². The highest BCUT2D eigenvalue weighted by atomic mass is 32.2. The third-order valence-corrected chi connectivity index (χ3v) is 8.07. The Labute approximate surface area is 196 Å². The molecule has 0 bridgehead atoms. The topological polar surface area (TPSA) is 89.5 Å². The third-order valence-electron chi connectivity index (χ3n) is 5.24. The van der Waals surface area contributed by atoms with Crippen LogP contribution in [0.4, 0.5) is 5.13 Å². The van der Waals surface area contributed by atoms with Crippen LogP contribution in [-0.4, -0.2) is 37.2 Å². The second-order valence-corrected chi connectivity index (χ2v) is 10.6. The minimum Gasteiger partial charge on any atom is -0.497 e. The van der Waals surface area contributed by atoms with Crippen LogP contribution in [0, 0.1) is 13.8 Å². The van der Waals surface area contributed by atoms with E-state index < -0.39 is 21.5 Å². The number of benzene rings is 2. The molecular formula is C24H23N3O4S2. The number of thiazole rings is 1. The van der Waals surface area contributed by atoms with Crippen molar-refractivity contribution in [1.82, 2.24) is 9.97 Å². The molecule has 0 aliphatic rings. The smallest absolute Gasteiger partial charge is 0.244 e. The molecule has 0 unspecified atom stereocenters. The van der Waals surface area contributed by atoms with Gasteiger partial charge in [0.1, 0.15) is 11.5 Å². The fourth-order valence-electron chi connectivity index (χ4n) is 3.39. The first-order valence-corrected chi connectivity index (χ1v) is 12.7. The summed E-state index contributed by atoms with van der Waals surface area (Å²) in [6.07, 6.45) is 1.64. The molecule has 2 heterocycles. The fourth-order valence-corrected chi connectivity index (χ4v) is 5.71. The highest BCUT2D eigenvalue weighted by Crippen LogP contribution is 2.34. The van der Waals surface area contributed by atoms with E-state index in [9.17, 15) is 13.2 Å². The number of rotatable bonds is 7. The molecule has 0 atom stereocenters. The van der Waals surface area contributed by atoms with E-state index in [1.54, 1.807) is 30.5 Å². The lowest BCUT2D eigenvalue weighted by Gasteiger charge is -2.19. The molecule has 170 valence electrons. The molecule has 9 heteroatoms. The molecule has 2 aromatic carbocycles. The van der Waals surface area contributed by atoms with Crippen LogP contribution in [0.3, 0.4) is 0 Å². The van der Waals surface area contributed by atoms with Crippen molar-refractivity contribution < 1.29 is 17.9 Å². The van der Waals surface area contributed by atoms with Crippen LogP contribution in [0.5, 0.6) is 5.75 Å². The number of carbonyl (C=O) groups is 1. The lowest BCUT2D eigenvalue weighted by molar-refractivity contribution is -0.116. The van der Waals surface area contributed by atoms with Crippen molar-refractivity contribution in [2.45, 2.75) is 25.3 Å². The number of carbonyl (C=O) groups excluding carboxylic acids is 1. The van der Waals surface area contributed by atoms with E-state index >= 15 is 0 Å². The summed E-state index contributed by atoms with van der Waals surface area (Å²) in [4.78, 5) is 23.8. The summed E-state index contributed by atoms with van der Waals surface area (Å²) in [7, 11) is -2.36. The van der Waals surface area contributed by atoms with E-state index in [4.69, 9.17) is 9.72 Å². The maximum Gasteiger partial charge on any atom is 0.244 e. The maximum absolute atomic E-state index is 13.4. The molecule has 4 rings (SSSR count). The number of fused-ring (bicyclic) bond motifs is 1. The first kappa shape index (κ1) is 22.9. The Morgan fingerprint density at radius 2 is 1.76 bits per heavy atom. The number of hydrogen-bond acceptors (Lipinski definition) is 7. The quantitative estimate of drug-likeness (QED) is 0.390. The minimum absolute atomic E-state index is 0.0606. The van der Waals surface area contributed by atoms with Gasteiger partial charge in [0, 0.05) is 6.20 Å². The van der Waals surface area contributed by atoms with Crippen molar-refractivity contribution in [3.8, 4) is 5.75 Å². The SMILES string of the molecule is COc1ccc(S(=O)(=O)CC(=O)N(Cc2ccccn2)c2nc3c(C)ccc(C)c3s2)cc1. The Kier molecular flexibility index (Phi) is 6.44. The predicted molar refractivity (Wildman–Crippen MR) is 130 cm³/mol. The molecule has 0 N–H and O–H groups in total. The van der Waals surface area contributed by atoms with Gasteiger partial charge in [0.25, 0.3) is 0 Å². The van der Waals surface area contributed by atoms with Crippen molar-refractivity contribution >= 4 is 42.4 Å². The summed E-state index contributed by atoms with van der Waals surface area (Å²) >= 11 is 1.38. The van der Waals surface area contributed by atoms with Gasteiger partial charge in [-0.15, -0.1) is 0 Å².